The lowest BCUT2D eigenvalue weighted by Crippen LogP contribution is -2.04. The minimum atomic E-state index is 0.289. The highest BCUT2D eigenvalue weighted by molar-refractivity contribution is 7.99. The van der Waals surface area contributed by atoms with Gasteiger partial charge < -0.3 is 9.30 Å². The van der Waals surface area contributed by atoms with Gasteiger partial charge in [-0.2, -0.15) is 5.26 Å². The second kappa shape index (κ2) is 7.34. The second-order valence-corrected chi connectivity index (χ2v) is 6.20. The summed E-state index contributed by atoms with van der Waals surface area (Å²) < 4.78 is 7.51. The van der Waals surface area contributed by atoms with Crippen molar-refractivity contribution in [2.45, 2.75) is 16.8 Å². The third-order valence-electron chi connectivity index (χ3n) is 3.14. The van der Waals surface area contributed by atoms with Gasteiger partial charge in [-0.1, -0.05) is 17.7 Å². The molecule has 2 heterocycles. The van der Waals surface area contributed by atoms with Gasteiger partial charge in [0.2, 0.25) is 0 Å². The van der Waals surface area contributed by atoms with E-state index in [4.69, 9.17) is 21.6 Å². The van der Waals surface area contributed by atoms with Gasteiger partial charge in [-0.25, -0.2) is 4.98 Å². The maximum Gasteiger partial charge on any atom is 0.197 e. The molecule has 0 amide bonds. The maximum absolute atomic E-state index is 8.90. The van der Waals surface area contributed by atoms with Crippen molar-refractivity contribution in [3.8, 4) is 11.8 Å². The predicted octanol–water partition coefficient (Wildman–Crippen LogP) is 3.47. The van der Waals surface area contributed by atoms with E-state index in [1.54, 1.807) is 36.4 Å². The van der Waals surface area contributed by atoms with Crippen LogP contribution in [0.2, 0.25) is 5.02 Å². The molecule has 0 unspecified atom stereocenters. The quantitative estimate of drug-likeness (QED) is 0.695. The summed E-state index contributed by atoms with van der Waals surface area (Å²) >= 11 is 7.19. The fourth-order valence-corrected chi connectivity index (χ4v) is 2.79. The number of rotatable bonds is 5. The third kappa shape index (κ3) is 3.85. The van der Waals surface area contributed by atoms with Crippen molar-refractivity contribution in [2.75, 3.05) is 0 Å². The normalized spacial score (nSPS) is 10.4. The van der Waals surface area contributed by atoms with E-state index in [1.165, 1.54) is 11.8 Å². The Labute approximate surface area is 148 Å². The van der Waals surface area contributed by atoms with Crippen LogP contribution in [0.1, 0.15) is 11.5 Å². The van der Waals surface area contributed by atoms with Crippen LogP contribution >= 0.6 is 23.4 Å². The molecule has 3 aromatic rings. The van der Waals surface area contributed by atoms with Gasteiger partial charge in [-0.3, -0.25) is 0 Å². The molecule has 0 fully saturated rings. The van der Waals surface area contributed by atoms with Gasteiger partial charge in [-0.05, 0) is 48.2 Å². The Morgan fingerprint density at radius 1 is 1.21 bits per heavy atom. The van der Waals surface area contributed by atoms with Crippen molar-refractivity contribution >= 4 is 23.4 Å². The van der Waals surface area contributed by atoms with E-state index in [0.717, 1.165) is 0 Å². The molecular weight excluding hydrogens is 346 g/mol. The number of benzene rings is 1. The van der Waals surface area contributed by atoms with Crippen molar-refractivity contribution in [1.82, 2.24) is 19.7 Å². The number of nitrogens with zero attached hydrogens (tertiary/aromatic N) is 5. The molecule has 0 aliphatic carbocycles. The van der Waals surface area contributed by atoms with Crippen LogP contribution in [0, 0.1) is 11.3 Å². The Bertz CT molecular complexity index is 888. The van der Waals surface area contributed by atoms with Crippen LogP contribution in [0.4, 0.5) is 0 Å². The fraction of sp³-hybridized carbons (Fsp3) is 0.125. The fourth-order valence-electron chi connectivity index (χ4n) is 1.87. The second-order valence-electron chi connectivity index (χ2n) is 4.78. The topological polar surface area (TPSA) is 76.6 Å². The largest absolute Gasteiger partial charge is 0.486 e. The Balaban J connectivity index is 1.69. The number of nitriles is 1. The standard InChI is InChI=1S/C16H12ClN5OS/c1-22-14(10-23-13-7-5-11(17)6-8-13)20-21-16(22)24-15-4-2-3-12(9-18)19-15/h2-8H,10H2,1H3. The average molecular weight is 358 g/mol. The highest BCUT2D eigenvalue weighted by atomic mass is 35.5. The van der Waals surface area contributed by atoms with Gasteiger partial charge in [0.05, 0.1) is 0 Å². The van der Waals surface area contributed by atoms with E-state index in [0.29, 0.717) is 32.5 Å². The molecule has 0 aliphatic rings. The van der Waals surface area contributed by atoms with Crippen LogP contribution in [0.25, 0.3) is 0 Å². The summed E-state index contributed by atoms with van der Waals surface area (Å²) in [5.74, 6) is 1.39. The number of halogens is 1. The van der Waals surface area contributed by atoms with Gasteiger partial charge in [0.25, 0.3) is 0 Å². The SMILES string of the molecule is Cn1c(COc2ccc(Cl)cc2)nnc1Sc1cccc(C#N)n1. The molecule has 2 aromatic heterocycles. The zero-order valence-electron chi connectivity index (χ0n) is 12.7. The zero-order chi connectivity index (χ0) is 16.9. The summed E-state index contributed by atoms with van der Waals surface area (Å²) in [4.78, 5) is 4.22. The lowest BCUT2D eigenvalue weighted by Gasteiger charge is -2.06. The molecule has 0 atom stereocenters. The lowest BCUT2D eigenvalue weighted by molar-refractivity contribution is 0.290. The van der Waals surface area contributed by atoms with E-state index in [1.807, 2.05) is 23.8 Å². The van der Waals surface area contributed by atoms with Crippen LogP contribution in [-0.2, 0) is 13.7 Å². The van der Waals surface area contributed by atoms with Crippen LogP contribution in [0.3, 0.4) is 0 Å². The molecule has 6 nitrogen and oxygen atoms in total. The molecule has 8 heteroatoms. The van der Waals surface area contributed by atoms with E-state index in [2.05, 4.69) is 15.2 Å². The first-order valence-corrected chi connectivity index (χ1v) is 8.17. The van der Waals surface area contributed by atoms with Crippen molar-refractivity contribution in [3.05, 3.63) is 59.0 Å². The van der Waals surface area contributed by atoms with E-state index >= 15 is 0 Å². The van der Waals surface area contributed by atoms with Gasteiger partial charge in [0.15, 0.2) is 11.0 Å². The Hall–Kier alpha value is -2.56. The van der Waals surface area contributed by atoms with Crippen LogP contribution in [-0.4, -0.2) is 19.7 Å². The van der Waals surface area contributed by atoms with Crippen molar-refractivity contribution in [2.24, 2.45) is 7.05 Å². The molecule has 0 spiro atoms. The Morgan fingerprint density at radius 2 is 2.00 bits per heavy atom. The van der Waals surface area contributed by atoms with Crippen molar-refractivity contribution < 1.29 is 4.74 Å². The smallest absolute Gasteiger partial charge is 0.197 e. The first kappa shape index (κ1) is 16.3. The zero-order valence-corrected chi connectivity index (χ0v) is 14.3. The summed E-state index contributed by atoms with van der Waals surface area (Å²) in [5, 5.41) is 19.2. The molecule has 120 valence electrons. The van der Waals surface area contributed by atoms with Gasteiger partial charge in [0.1, 0.15) is 29.1 Å². The van der Waals surface area contributed by atoms with Crippen LogP contribution in [0.5, 0.6) is 5.75 Å². The van der Waals surface area contributed by atoms with E-state index < -0.39 is 0 Å². The summed E-state index contributed by atoms with van der Waals surface area (Å²) in [7, 11) is 1.86. The minimum absolute atomic E-state index is 0.289. The molecule has 24 heavy (non-hydrogen) atoms. The molecule has 0 saturated carbocycles. The number of hydrogen-bond donors (Lipinski definition) is 0. The Morgan fingerprint density at radius 3 is 2.75 bits per heavy atom. The number of ether oxygens (including phenoxy) is 1. The summed E-state index contributed by atoms with van der Waals surface area (Å²) in [6.07, 6.45) is 0. The molecule has 3 rings (SSSR count). The first-order chi connectivity index (χ1) is 11.7. The molecule has 0 saturated heterocycles. The van der Waals surface area contributed by atoms with Crippen LogP contribution < -0.4 is 4.74 Å². The Kier molecular flexibility index (Phi) is 4.99. The summed E-state index contributed by atoms with van der Waals surface area (Å²) in [6, 6.07) is 14.4. The summed E-state index contributed by atoms with van der Waals surface area (Å²) in [5.41, 5.74) is 0.369. The van der Waals surface area contributed by atoms with Gasteiger partial charge in [0, 0.05) is 12.1 Å². The number of aromatic nitrogens is 4. The molecule has 0 bridgehead atoms. The summed E-state index contributed by atoms with van der Waals surface area (Å²) in [6.45, 7) is 0.289. The molecule has 0 aliphatic heterocycles. The average Bonchev–Trinajstić information content (AvgIpc) is 2.95. The molecule has 0 radical (unpaired) electrons. The van der Waals surface area contributed by atoms with E-state index in [-0.39, 0.29) is 6.61 Å². The highest BCUT2D eigenvalue weighted by Crippen LogP contribution is 2.25. The van der Waals surface area contributed by atoms with Crippen molar-refractivity contribution in [3.63, 3.8) is 0 Å². The molecule has 1 aromatic carbocycles. The van der Waals surface area contributed by atoms with Gasteiger partial charge in [-0.15, -0.1) is 10.2 Å². The number of hydrogen-bond acceptors (Lipinski definition) is 6. The third-order valence-corrected chi connectivity index (χ3v) is 4.37. The van der Waals surface area contributed by atoms with Crippen molar-refractivity contribution in [1.29, 1.82) is 5.26 Å². The molecular formula is C16H12ClN5OS. The number of pyridine rings is 1. The molecule has 0 N–H and O–H groups in total. The highest BCUT2D eigenvalue weighted by Gasteiger charge is 2.12. The van der Waals surface area contributed by atoms with Gasteiger partial charge >= 0.3 is 0 Å². The first-order valence-electron chi connectivity index (χ1n) is 6.97. The predicted molar refractivity (Wildman–Crippen MR) is 89.9 cm³/mol. The monoisotopic (exact) mass is 357 g/mol. The minimum Gasteiger partial charge on any atom is -0.486 e. The van der Waals surface area contributed by atoms with Crippen LogP contribution in [0.15, 0.2) is 52.6 Å². The lowest BCUT2D eigenvalue weighted by atomic mass is 10.3. The maximum atomic E-state index is 8.90. The van der Waals surface area contributed by atoms with E-state index in [9.17, 15) is 0 Å².